The number of aliphatic hydroxyl groups is 1. The van der Waals surface area contributed by atoms with Gasteiger partial charge < -0.3 is 10.6 Å². The number of unbranched alkanes of at least 4 members (excludes halogenated alkanes) is 2. The first-order valence-electron chi connectivity index (χ1n) is 4.58. The molecule has 0 bridgehead atoms. The monoisotopic (exact) mass is 182 g/mol. The van der Waals surface area contributed by atoms with Gasteiger partial charge in [-0.1, -0.05) is 36.8 Å². The summed E-state index contributed by atoms with van der Waals surface area (Å²) in [6.07, 6.45) is 4.39. The molecule has 0 radical (unpaired) electrons. The van der Waals surface area contributed by atoms with Gasteiger partial charge in [0.25, 0.3) is 0 Å². The fourth-order valence-corrected chi connectivity index (χ4v) is 1.26. The fraction of sp³-hybridized carbons (Fsp3) is 0.455. The molecule has 0 aliphatic carbocycles. The highest BCUT2D eigenvalue weighted by molar-refractivity contribution is 5.14. The molecule has 1 aromatic rings. The second kappa shape index (κ2) is 7.77. The van der Waals surface area contributed by atoms with Crippen LogP contribution in [0, 0.1) is 0 Å². The predicted octanol–water partition coefficient (Wildman–Crippen LogP) is 1.57. The Balaban J connectivity index is 0.00000144. The largest absolute Gasteiger partial charge is 0.412 e. The minimum Gasteiger partial charge on any atom is -0.412 e. The summed E-state index contributed by atoms with van der Waals surface area (Å²) in [5.74, 6) is 0. The Morgan fingerprint density at radius 1 is 0.923 bits per heavy atom. The zero-order valence-corrected chi connectivity index (χ0v) is 7.87. The molecule has 0 aromatic heterocycles. The Kier molecular flexibility index (Phi) is 7.26. The van der Waals surface area contributed by atoms with E-state index in [1.165, 1.54) is 12.0 Å². The van der Waals surface area contributed by atoms with E-state index in [1.807, 2.05) is 6.07 Å². The van der Waals surface area contributed by atoms with Crippen LogP contribution in [0.15, 0.2) is 30.3 Å². The van der Waals surface area contributed by atoms with Crippen molar-refractivity contribution >= 4 is 0 Å². The maximum atomic E-state index is 8.56. The van der Waals surface area contributed by atoms with Gasteiger partial charge in [0.1, 0.15) is 0 Å². The molecule has 0 atom stereocenters. The molecule has 0 unspecified atom stereocenters. The van der Waals surface area contributed by atoms with E-state index in [0.717, 1.165) is 19.3 Å². The Hall–Kier alpha value is -0.860. The molecule has 0 fully saturated rings. The lowest BCUT2D eigenvalue weighted by Gasteiger charge is -1.99. The Bertz CT molecular complexity index is 197. The van der Waals surface area contributed by atoms with Gasteiger partial charge in [0, 0.05) is 6.61 Å². The normalized spacial score (nSPS) is 9.31. The summed E-state index contributed by atoms with van der Waals surface area (Å²) in [7, 11) is 0. The summed E-state index contributed by atoms with van der Waals surface area (Å²) in [5, 5.41) is 8.56. The van der Waals surface area contributed by atoms with E-state index < -0.39 is 0 Å². The zero-order valence-electron chi connectivity index (χ0n) is 7.87. The highest BCUT2D eigenvalue weighted by Gasteiger charge is 1.90. The van der Waals surface area contributed by atoms with Gasteiger partial charge in [0.2, 0.25) is 0 Å². The molecule has 1 aromatic carbocycles. The number of rotatable bonds is 5. The van der Waals surface area contributed by atoms with Crippen molar-refractivity contribution in [2.75, 3.05) is 6.61 Å². The number of aliphatic hydroxyl groups excluding tert-OH is 1. The van der Waals surface area contributed by atoms with Gasteiger partial charge in [-0.2, -0.15) is 0 Å². The van der Waals surface area contributed by atoms with Crippen molar-refractivity contribution in [3.63, 3.8) is 0 Å². The first-order chi connectivity index (χ1) is 5.93. The quantitative estimate of drug-likeness (QED) is 0.690. The van der Waals surface area contributed by atoms with E-state index in [4.69, 9.17) is 5.11 Å². The van der Waals surface area contributed by atoms with Crippen molar-refractivity contribution in [2.24, 2.45) is 0 Å². The molecule has 0 amide bonds. The summed E-state index contributed by atoms with van der Waals surface area (Å²) >= 11 is 0. The Labute approximate surface area is 79.5 Å². The van der Waals surface area contributed by atoms with Crippen molar-refractivity contribution in [3.8, 4) is 0 Å². The molecule has 0 spiro atoms. The van der Waals surface area contributed by atoms with Crippen molar-refractivity contribution in [3.05, 3.63) is 35.9 Å². The number of aryl methyl sites for hydroxylation is 1. The van der Waals surface area contributed by atoms with E-state index in [2.05, 4.69) is 24.3 Å². The van der Waals surface area contributed by atoms with Crippen LogP contribution in [0.3, 0.4) is 0 Å². The van der Waals surface area contributed by atoms with E-state index in [1.54, 1.807) is 0 Å². The van der Waals surface area contributed by atoms with Gasteiger partial charge in [0.05, 0.1) is 0 Å². The maximum Gasteiger partial charge on any atom is 0.0431 e. The lowest BCUT2D eigenvalue weighted by Crippen LogP contribution is -1.87. The summed E-state index contributed by atoms with van der Waals surface area (Å²) in [4.78, 5) is 0. The van der Waals surface area contributed by atoms with Crippen LogP contribution in [0.2, 0.25) is 0 Å². The number of benzene rings is 1. The van der Waals surface area contributed by atoms with Crippen molar-refractivity contribution in [1.29, 1.82) is 0 Å². The lowest BCUT2D eigenvalue weighted by molar-refractivity contribution is 0.283. The number of hydrogen-bond donors (Lipinski definition) is 1. The molecule has 2 nitrogen and oxygen atoms in total. The highest BCUT2D eigenvalue weighted by atomic mass is 16.2. The summed E-state index contributed by atoms with van der Waals surface area (Å²) in [6, 6.07) is 10.5. The van der Waals surface area contributed by atoms with Crippen molar-refractivity contribution in [2.45, 2.75) is 25.7 Å². The van der Waals surface area contributed by atoms with Crippen LogP contribution in [0.25, 0.3) is 0 Å². The third kappa shape index (κ3) is 5.39. The minimum atomic E-state index is 0. The zero-order chi connectivity index (χ0) is 8.65. The van der Waals surface area contributed by atoms with Gasteiger partial charge in [-0.05, 0) is 24.8 Å². The van der Waals surface area contributed by atoms with E-state index in [-0.39, 0.29) is 5.48 Å². The van der Waals surface area contributed by atoms with Gasteiger partial charge >= 0.3 is 0 Å². The van der Waals surface area contributed by atoms with Crippen LogP contribution in [-0.2, 0) is 6.42 Å². The molecule has 0 saturated heterocycles. The topological polar surface area (TPSA) is 51.7 Å². The molecule has 0 saturated carbocycles. The van der Waals surface area contributed by atoms with E-state index in [0.29, 0.717) is 6.61 Å². The lowest BCUT2D eigenvalue weighted by atomic mass is 10.1. The second-order valence-corrected chi connectivity index (χ2v) is 3.02. The third-order valence-electron chi connectivity index (χ3n) is 1.97. The first kappa shape index (κ1) is 12.1. The molecule has 1 rings (SSSR count). The van der Waals surface area contributed by atoms with Crippen LogP contribution in [-0.4, -0.2) is 17.2 Å². The molecule has 2 heteroatoms. The Morgan fingerprint density at radius 3 is 2.23 bits per heavy atom. The van der Waals surface area contributed by atoms with E-state index in [9.17, 15) is 0 Å². The summed E-state index contributed by atoms with van der Waals surface area (Å²) in [6.45, 7) is 0.328. The van der Waals surface area contributed by atoms with Gasteiger partial charge in [-0.15, -0.1) is 0 Å². The SMILES string of the molecule is O.OCCCCCc1ccccc1. The average molecular weight is 182 g/mol. The van der Waals surface area contributed by atoms with Gasteiger partial charge in [-0.25, -0.2) is 0 Å². The third-order valence-corrected chi connectivity index (χ3v) is 1.97. The predicted molar refractivity (Wildman–Crippen MR) is 54.7 cm³/mol. The fourth-order valence-electron chi connectivity index (χ4n) is 1.26. The molecule has 74 valence electrons. The summed E-state index contributed by atoms with van der Waals surface area (Å²) in [5.41, 5.74) is 1.40. The summed E-state index contributed by atoms with van der Waals surface area (Å²) < 4.78 is 0. The van der Waals surface area contributed by atoms with Crippen molar-refractivity contribution in [1.82, 2.24) is 0 Å². The standard InChI is InChI=1S/C11H16O.H2O/c12-10-6-2-5-9-11-7-3-1-4-8-11;/h1,3-4,7-8,12H,2,5-6,9-10H2;1H2. The van der Waals surface area contributed by atoms with Crippen LogP contribution in [0.5, 0.6) is 0 Å². The van der Waals surface area contributed by atoms with Crippen molar-refractivity contribution < 1.29 is 10.6 Å². The highest BCUT2D eigenvalue weighted by Crippen LogP contribution is 2.05. The van der Waals surface area contributed by atoms with Crippen LogP contribution < -0.4 is 0 Å². The van der Waals surface area contributed by atoms with Gasteiger partial charge in [-0.3, -0.25) is 0 Å². The Morgan fingerprint density at radius 2 is 1.62 bits per heavy atom. The minimum absolute atomic E-state index is 0. The molecular weight excluding hydrogens is 164 g/mol. The molecule has 0 aliphatic heterocycles. The smallest absolute Gasteiger partial charge is 0.0431 e. The van der Waals surface area contributed by atoms with Crippen LogP contribution >= 0.6 is 0 Å². The number of hydrogen-bond acceptors (Lipinski definition) is 1. The van der Waals surface area contributed by atoms with E-state index >= 15 is 0 Å². The average Bonchev–Trinajstić information content (AvgIpc) is 2.14. The molecular formula is C11H18O2. The van der Waals surface area contributed by atoms with Crippen LogP contribution in [0.4, 0.5) is 0 Å². The first-order valence-corrected chi connectivity index (χ1v) is 4.58. The molecule has 0 aliphatic rings. The second-order valence-electron chi connectivity index (χ2n) is 3.02. The molecule has 13 heavy (non-hydrogen) atoms. The van der Waals surface area contributed by atoms with Crippen LogP contribution in [0.1, 0.15) is 24.8 Å². The van der Waals surface area contributed by atoms with Gasteiger partial charge in [0.15, 0.2) is 0 Å². The molecule has 3 N–H and O–H groups in total. The maximum absolute atomic E-state index is 8.56. The molecule has 0 heterocycles.